The first-order valence-electron chi connectivity index (χ1n) is 7.89. The van der Waals surface area contributed by atoms with Crippen molar-refractivity contribution in [3.63, 3.8) is 0 Å². The number of carbonyl (C=O) groups excluding carboxylic acids is 1. The first kappa shape index (κ1) is 16.7. The zero-order valence-electron chi connectivity index (χ0n) is 14.0. The van der Waals surface area contributed by atoms with Gasteiger partial charge in [0, 0.05) is 26.8 Å². The molecule has 1 amide bonds. The van der Waals surface area contributed by atoms with Crippen molar-refractivity contribution in [1.29, 1.82) is 0 Å². The number of nitrogens with zero attached hydrogens (tertiary/aromatic N) is 6. The monoisotopic (exact) mass is 347 g/mol. The Bertz CT molecular complexity index is 713. The molecule has 1 atom stereocenters. The molecule has 24 heavy (non-hydrogen) atoms. The van der Waals surface area contributed by atoms with Gasteiger partial charge in [-0.3, -0.25) is 4.79 Å². The second kappa shape index (κ2) is 7.16. The number of thioether (sulfide) groups is 1. The number of rotatable bonds is 7. The lowest BCUT2D eigenvalue weighted by molar-refractivity contribution is -0.120. The van der Waals surface area contributed by atoms with Gasteiger partial charge < -0.3 is 10.2 Å². The fraction of sp³-hybridized carbons (Fsp3) is 0.533. The molecule has 0 aliphatic heterocycles. The van der Waals surface area contributed by atoms with E-state index in [1.165, 1.54) is 11.8 Å². The predicted molar refractivity (Wildman–Crippen MR) is 91.8 cm³/mol. The molecule has 2 aromatic rings. The number of hydrogen-bond acceptors (Lipinski definition) is 7. The van der Waals surface area contributed by atoms with Gasteiger partial charge in [0.15, 0.2) is 0 Å². The summed E-state index contributed by atoms with van der Waals surface area (Å²) in [4.78, 5) is 18.5. The molecule has 0 saturated heterocycles. The molecule has 0 bridgehead atoms. The van der Waals surface area contributed by atoms with Crippen LogP contribution in [0.5, 0.6) is 0 Å². The van der Waals surface area contributed by atoms with Crippen LogP contribution >= 0.6 is 11.8 Å². The maximum atomic E-state index is 12.3. The molecular formula is C15H21N7OS. The standard InChI is InChI=1S/C15H21N7OS/c1-10(24-15-18-19-20-22(15)12-4-5-12)14(23)17-9-11-6-7-16-13(8-11)21(2)3/h6-8,10,12H,4-5,9H2,1-3H3,(H,17,23). The van der Waals surface area contributed by atoms with Gasteiger partial charge in [-0.1, -0.05) is 11.8 Å². The average Bonchev–Trinajstić information content (AvgIpc) is 3.32. The smallest absolute Gasteiger partial charge is 0.233 e. The van der Waals surface area contributed by atoms with Crippen LogP contribution in [0, 0.1) is 0 Å². The molecule has 1 saturated carbocycles. The maximum Gasteiger partial charge on any atom is 0.233 e. The number of tetrazole rings is 1. The highest BCUT2D eigenvalue weighted by Gasteiger charge is 2.29. The summed E-state index contributed by atoms with van der Waals surface area (Å²) in [6.07, 6.45) is 3.96. The Morgan fingerprint density at radius 1 is 1.50 bits per heavy atom. The molecule has 3 rings (SSSR count). The third-order valence-corrected chi connectivity index (χ3v) is 4.79. The van der Waals surface area contributed by atoms with Crippen LogP contribution in [0.3, 0.4) is 0 Å². The number of anilines is 1. The Morgan fingerprint density at radius 3 is 3.00 bits per heavy atom. The van der Waals surface area contributed by atoms with Crippen molar-refractivity contribution in [1.82, 2.24) is 30.5 Å². The third-order valence-electron chi connectivity index (χ3n) is 3.74. The quantitative estimate of drug-likeness (QED) is 0.754. The summed E-state index contributed by atoms with van der Waals surface area (Å²) in [7, 11) is 3.88. The number of nitrogens with one attached hydrogen (secondary N) is 1. The van der Waals surface area contributed by atoms with Gasteiger partial charge in [-0.2, -0.15) is 0 Å². The number of aromatic nitrogens is 5. The Kier molecular flexibility index (Phi) is 4.98. The van der Waals surface area contributed by atoms with Crippen molar-refractivity contribution in [2.75, 3.05) is 19.0 Å². The number of hydrogen-bond donors (Lipinski definition) is 1. The zero-order valence-corrected chi connectivity index (χ0v) is 14.8. The van der Waals surface area contributed by atoms with E-state index in [1.54, 1.807) is 6.20 Å². The predicted octanol–water partition coefficient (Wildman–Crippen LogP) is 1.27. The summed E-state index contributed by atoms with van der Waals surface area (Å²) in [6.45, 7) is 2.34. The van der Waals surface area contributed by atoms with E-state index < -0.39 is 0 Å². The molecule has 2 heterocycles. The minimum atomic E-state index is -0.261. The van der Waals surface area contributed by atoms with Gasteiger partial charge in [0.2, 0.25) is 11.1 Å². The van der Waals surface area contributed by atoms with Gasteiger partial charge in [0.25, 0.3) is 0 Å². The largest absolute Gasteiger partial charge is 0.363 e. The van der Waals surface area contributed by atoms with Crippen molar-refractivity contribution < 1.29 is 4.79 Å². The van der Waals surface area contributed by atoms with Crippen molar-refractivity contribution in [3.8, 4) is 0 Å². The molecule has 1 aliphatic carbocycles. The lowest BCUT2D eigenvalue weighted by atomic mass is 10.2. The Hall–Kier alpha value is -2.16. The molecule has 0 radical (unpaired) electrons. The maximum absolute atomic E-state index is 12.3. The van der Waals surface area contributed by atoms with Crippen LogP contribution in [-0.2, 0) is 11.3 Å². The van der Waals surface area contributed by atoms with Crippen LogP contribution in [0.1, 0.15) is 31.4 Å². The van der Waals surface area contributed by atoms with Crippen LogP contribution in [0.25, 0.3) is 0 Å². The van der Waals surface area contributed by atoms with Crippen LogP contribution < -0.4 is 10.2 Å². The summed E-state index contributed by atoms with van der Waals surface area (Å²) < 4.78 is 1.82. The minimum Gasteiger partial charge on any atom is -0.363 e. The van der Waals surface area contributed by atoms with Gasteiger partial charge in [-0.05, 0) is 47.9 Å². The molecule has 9 heteroatoms. The molecule has 1 unspecified atom stereocenters. The summed E-state index contributed by atoms with van der Waals surface area (Å²) >= 11 is 1.39. The average molecular weight is 347 g/mol. The second-order valence-electron chi connectivity index (χ2n) is 6.03. The van der Waals surface area contributed by atoms with Crippen LogP contribution in [0.4, 0.5) is 5.82 Å². The molecule has 2 aromatic heterocycles. The van der Waals surface area contributed by atoms with Crippen LogP contribution in [0.2, 0.25) is 0 Å². The van der Waals surface area contributed by atoms with E-state index >= 15 is 0 Å². The zero-order chi connectivity index (χ0) is 17.1. The fourth-order valence-corrected chi connectivity index (χ4v) is 3.05. The Morgan fingerprint density at radius 2 is 2.29 bits per heavy atom. The van der Waals surface area contributed by atoms with Crippen molar-refractivity contribution in [2.24, 2.45) is 0 Å². The molecule has 0 spiro atoms. The van der Waals surface area contributed by atoms with Gasteiger partial charge in [0.05, 0.1) is 11.3 Å². The van der Waals surface area contributed by atoms with Gasteiger partial charge in [-0.15, -0.1) is 5.10 Å². The van der Waals surface area contributed by atoms with Gasteiger partial charge in [0.1, 0.15) is 5.82 Å². The molecule has 8 nitrogen and oxygen atoms in total. The number of amides is 1. The number of carbonyl (C=O) groups is 1. The van der Waals surface area contributed by atoms with Gasteiger partial charge in [-0.25, -0.2) is 9.67 Å². The second-order valence-corrected chi connectivity index (χ2v) is 7.34. The lowest BCUT2D eigenvalue weighted by Crippen LogP contribution is -2.30. The van der Waals surface area contributed by atoms with Crippen LogP contribution in [0.15, 0.2) is 23.5 Å². The van der Waals surface area contributed by atoms with E-state index in [4.69, 9.17) is 0 Å². The summed E-state index contributed by atoms with van der Waals surface area (Å²) in [5, 5.41) is 15.1. The molecule has 1 aliphatic rings. The van der Waals surface area contributed by atoms with E-state index in [1.807, 2.05) is 42.7 Å². The summed E-state index contributed by atoms with van der Waals surface area (Å²) in [6, 6.07) is 4.27. The normalized spacial score (nSPS) is 15.1. The van der Waals surface area contributed by atoms with Crippen LogP contribution in [-0.4, -0.2) is 50.4 Å². The third kappa shape index (κ3) is 4.02. The first-order valence-corrected chi connectivity index (χ1v) is 8.77. The highest BCUT2D eigenvalue weighted by Crippen LogP contribution is 2.37. The first-order chi connectivity index (χ1) is 11.5. The molecular weight excluding hydrogens is 326 g/mol. The molecule has 128 valence electrons. The Balaban J connectivity index is 1.54. The van der Waals surface area contributed by atoms with E-state index in [2.05, 4.69) is 25.8 Å². The Labute approximate surface area is 145 Å². The highest BCUT2D eigenvalue weighted by molar-refractivity contribution is 8.00. The number of pyridine rings is 1. The van der Waals surface area contributed by atoms with Crippen molar-refractivity contribution in [3.05, 3.63) is 23.9 Å². The molecule has 1 N–H and O–H groups in total. The van der Waals surface area contributed by atoms with Crippen molar-refractivity contribution in [2.45, 2.75) is 42.8 Å². The minimum absolute atomic E-state index is 0.0337. The SMILES string of the molecule is CC(Sc1nnnn1C1CC1)C(=O)NCc1ccnc(N(C)C)c1. The van der Waals surface area contributed by atoms with E-state index in [0.717, 1.165) is 24.2 Å². The summed E-state index contributed by atoms with van der Waals surface area (Å²) in [5.41, 5.74) is 1.02. The molecule has 0 aromatic carbocycles. The van der Waals surface area contributed by atoms with Gasteiger partial charge >= 0.3 is 0 Å². The van der Waals surface area contributed by atoms with E-state index in [9.17, 15) is 4.79 Å². The molecule has 1 fully saturated rings. The van der Waals surface area contributed by atoms with E-state index in [0.29, 0.717) is 17.7 Å². The van der Waals surface area contributed by atoms with Crippen molar-refractivity contribution >= 4 is 23.5 Å². The van der Waals surface area contributed by atoms with E-state index in [-0.39, 0.29) is 11.2 Å². The lowest BCUT2D eigenvalue weighted by Gasteiger charge is -2.14. The topological polar surface area (TPSA) is 88.8 Å². The summed E-state index contributed by atoms with van der Waals surface area (Å²) in [5.74, 6) is 0.835. The highest BCUT2D eigenvalue weighted by atomic mass is 32.2. The fourth-order valence-electron chi connectivity index (χ4n) is 2.17.